The number of unbranched alkanes of at least 4 members (excludes halogenated alkanes) is 1. The third-order valence-corrected chi connectivity index (χ3v) is 3.01. The maximum absolute atomic E-state index is 5.36. The van der Waals surface area contributed by atoms with Gasteiger partial charge >= 0.3 is 0 Å². The minimum absolute atomic E-state index is 0.930. The van der Waals surface area contributed by atoms with Gasteiger partial charge in [0.25, 0.3) is 0 Å². The first-order valence-corrected chi connectivity index (χ1v) is 6.79. The molecule has 0 heterocycles. The second-order valence-corrected chi connectivity index (χ2v) is 4.65. The van der Waals surface area contributed by atoms with E-state index in [1.165, 1.54) is 18.4 Å². The monoisotopic (exact) mass is 250 g/mol. The average molecular weight is 250 g/mol. The molecule has 0 aliphatic rings. The van der Waals surface area contributed by atoms with Crippen molar-refractivity contribution in [1.82, 2.24) is 10.2 Å². The van der Waals surface area contributed by atoms with E-state index in [-0.39, 0.29) is 0 Å². The first-order chi connectivity index (χ1) is 8.77. The Morgan fingerprint density at radius 3 is 2.72 bits per heavy atom. The lowest BCUT2D eigenvalue weighted by Crippen LogP contribution is -2.29. The number of methoxy groups -OCH3 is 1. The summed E-state index contributed by atoms with van der Waals surface area (Å²) in [5, 5.41) is 3.46. The molecule has 3 heteroatoms. The van der Waals surface area contributed by atoms with Crippen LogP contribution in [0.25, 0.3) is 0 Å². The molecule has 1 N–H and O–H groups in total. The highest BCUT2D eigenvalue weighted by Gasteiger charge is 2.04. The summed E-state index contributed by atoms with van der Waals surface area (Å²) in [4.78, 5) is 2.32. The summed E-state index contributed by atoms with van der Waals surface area (Å²) < 4.78 is 5.36. The Morgan fingerprint density at radius 1 is 1.22 bits per heavy atom. The zero-order valence-corrected chi connectivity index (χ0v) is 11.9. The lowest BCUT2D eigenvalue weighted by atomic mass is 10.2. The van der Waals surface area contributed by atoms with Crippen molar-refractivity contribution >= 4 is 0 Å². The van der Waals surface area contributed by atoms with E-state index in [0.29, 0.717) is 0 Å². The van der Waals surface area contributed by atoms with Gasteiger partial charge in [-0.15, -0.1) is 0 Å². The van der Waals surface area contributed by atoms with Crippen LogP contribution in [0, 0.1) is 0 Å². The van der Waals surface area contributed by atoms with Crippen molar-refractivity contribution in [2.24, 2.45) is 0 Å². The highest BCUT2D eigenvalue weighted by Crippen LogP contribution is 2.18. The maximum Gasteiger partial charge on any atom is 0.123 e. The topological polar surface area (TPSA) is 24.5 Å². The van der Waals surface area contributed by atoms with Crippen LogP contribution in [0.2, 0.25) is 0 Å². The van der Waals surface area contributed by atoms with Gasteiger partial charge < -0.3 is 15.0 Å². The van der Waals surface area contributed by atoms with Gasteiger partial charge in [0.05, 0.1) is 7.11 Å². The van der Waals surface area contributed by atoms with Crippen LogP contribution in [-0.2, 0) is 6.54 Å². The second kappa shape index (κ2) is 8.95. The molecule has 0 radical (unpaired) electrons. The predicted octanol–water partition coefficient (Wildman–Crippen LogP) is 2.52. The van der Waals surface area contributed by atoms with Crippen LogP contribution in [0.3, 0.4) is 0 Å². The molecule has 0 aliphatic carbocycles. The Labute approximate surface area is 111 Å². The molecule has 0 atom stereocenters. The van der Waals surface area contributed by atoms with Gasteiger partial charge in [-0.1, -0.05) is 31.5 Å². The predicted molar refractivity (Wildman–Crippen MR) is 77.1 cm³/mol. The number of hydrogen-bond acceptors (Lipinski definition) is 3. The lowest BCUT2D eigenvalue weighted by molar-refractivity contribution is 0.315. The molecule has 0 fully saturated rings. The Hall–Kier alpha value is -1.06. The molecule has 18 heavy (non-hydrogen) atoms. The van der Waals surface area contributed by atoms with Gasteiger partial charge in [0.2, 0.25) is 0 Å². The lowest BCUT2D eigenvalue weighted by Gasteiger charge is -2.18. The fourth-order valence-electron chi connectivity index (χ4n) is 1.90. The van der Waals surface area contributed by atoms with E-state index in [1.54, 1.807) is 7.11 Å². The standard InChI is InChI=1S/C15H26N2O/c1-4-5-10-16-11-12-17(2)13-14-8-6-7-9-15(14)18-3/h6-9,16H,4-5,10-13H2,1-3H3. The van der Waals surface area contributed by atoms with Crippen molar-refractivity contribution in [3.63, 3.8) is 0 Å². The van der Waals surface area contributed by atoms with Crippen molar-refractivity contribution in [3.05, 3.63) is 29.8 Å². The molecule has 0 amide bonds. The highest BCUT2D eigenvalue weighted by atomic mass is 16.5. The maximum atomic E-state index is 5.36. The molecular weight excluding hydrogens is 224 g/mol. The van der Waals surface area contributed by atoms with Crippen LogP contribution in [0.1, 0.15) is 25.3 Å². The van der Waals surface area contributed by atoms with E-state index < -0.39 is 0 Å². The summed E-state index contributed by atoms with van der Waals surface area (Å²) >= 11 is 0. The number of nitrogens with zero attached hydrogens (tertiary/aromatic N) is 1. The average Bonchev–Trinajstić information content (AvgIpc) is 2.39. The molecule has 1 aromatic carbocycles. The van der Waals surface area contributed by atoms with E-state index in [0.717, 1.165) is 31.9 Å². The first kappa shape index (κ1) is 15.0. The van der Waals surface area contributed by atoms with Crippen molar-refractivity contribution in [2.45, 2.75) is 26.3 Å². The molecule has 0 aromatic heterocycles. The van der Waals surface area contributed by atoms with Crippen LogP contribution in [0.4, 0.5) is 0 Å². The van der Waals surface area contributed by atoms with Crippen molar-refractivity contribution < 1.29 is 4.74 Å². The molecule has 3 nitrogen and oxygen atoms in total. The van der Waals surface area contributed by atoms with Crippen molar-refractivity contribution in [3.8, 4) is 5.75 Å². The SMILES string of the molecule is CCCCNCCN(C)Cc1ccccc1OC. The first-order valence-electron chi connectivity index (χ1n) is 6.79. The van der Waals surface area contributed by atoms with E-state index in [2.05, 4.69) is 36.3 Å². The van der Waals surface area contributed by atoms with Crippen LogP contribution in [0.5, 0.6) is 5.75 Å². The Kier molecular flexibility index (Phi) is 7.46. The van der Waals surface area contributed by atoms with Gasteiger partial charge in [-0.3, -0.25) is 0 Å². The number of likely N-dealkylation sites (N-methyl/N-ethyl adjacent to an activating group) is 1. The van der Waals surface area contributed by atoms with Crippen molar-refractivity contribution in [2.75, 3.05) is 33.8 Å². The summed E-state index contributed by atoms with van der Waals surface area (Å²) in [5.41, 5.74) is 1.25. The number of para-hydroxylation sites is 1. The van der Waals surface area contributed by atoms with Gasteiger partial charge in [-0.05, 0) is 26.1 Å². The molecule has 0 bridgehead atoms. The van der Waals surface area contributed by atoms with E-state index in [9.17, 15) is 0 Å². The third-order valence-electron chi connectivity index (χ3n) is 3.01. The van der Waals surface area contributed by atoms with Gasteiger partial charge in [0.15, 0.2) is 0 Å². The summed E-state index contributed by atoms with van der Waals surface area (Å²) in [5.74, 6) is 0.975. The summed E-state index contributed by atoms with van der Waals surface area (Å²) in [6, 6.07) is 8.21. The van der Waals surface area contributed by atoms with Crippen LogP contribution < -0.4 is 10.1 Å². The minimum atomic E-state index is 0.930. The molecule has 102 valence electrons. The van der Waals surface area contributed by atoms with Crippen LogP contribution in [-0.4, -0.2) is 38.7 Å². The molecule has 0 spiro atoms. The van der Waals surface area contributed by atoms with Gasteiger partial charge in [-0.25, -0.2) is 0 Å². The van der Waals surface area contributed by atoms with Gasteiger partial charge in [0.1, 0.15) is 5.75 Å². The normalized spacial score (nSPS) is 10.9. The van der Waals surface area contributed by atoms with E-state index in [1.807, 2.05) is 12.1 Å². The molecule has 0 unspecified atom stereocenters. The number of benzene rings is 1. The number of ether oxygens (including phenoxy) is 1. The molecule has 0 saturated carbocycles. The zero-order chi connectivity index (χ0) is 13.2. The summed E-state index contributed by atoms with van der Waals surface area (Å²) in [7, 11) is 3.87. The Balaban J connectivity index is 2.28. The van der Waals surface area contributed by atoms with Crippen LogP contribution >= 0.6 is 0 Å². The largest absolute Gasteiger partial charge is 0.496 e. The molecule has 0 saturated heterocycles. The number of hydrogen-bond donors (Lipinski definition) is 1. The van der Waals surface area contributed by atoms with Gasteiger partial charge in [0, 0.05) is 25.2 Å². The van der Waals surface area contributed by atoms with Gasteiger partial charge in [-0.2, -0.15) is 0 Å². The smallest absolute Gasteiger partial charge is 0.123 e. The molecule has 1 aromatic rings. The summed E-state index contributed by atoms with van der Waals surface area (Å²) in [6.45, 7) is 6.38. The molecular formula is C15H26N2O. The Morgan fingerprint density at radius 2 is 2.00 bits per heavy atom. The number of rotatable bonds is 9. The summed E-state index contributed by atoms with van der Waals surface area (Å²) in [6.07, 6.45) is 2.51. The fourth-order valence-corrected chi connectivity index (χ4v) is 1.90. The van der Waals surface area contributed by atoms with E-state index >= 15 is 0 Å². The number of nitrogens with one attached hydrogen (secondary N) is 1. The Bertz CT molecular complexity index is 328. The molecule has 0 aliphatic heterocycles. The quantitative estimate of drug-likeness (QED) is 0.682. The minimum Gasteiger partial charge on any atom is -0.496 e. The van der Waals surface area contributed by atoms with Crippen LogP contribution in [0.15, 0.2) is 24.3 Å². The zero-order valence-electron chi connectivity index (χ0n) is 11.9. The second-order valence-electron chi connectivity index (χ2n) is 4.65. The third kappa shape index (κ3) is 5.52. The fraction of sp³-hybridized carbons (Fsp3) is 0.600. The van der Waals surface area contributed by atoms with Crippen molar-refractivity contribution in [1.29, 1.82) is 0 Å². The highest BCUT2D eigenvalue weighted by molar-refractivity contribution is 5.32. The molecule has 1 rings (SSSR count). The van der Waals surface area contributed by atoms with E-state index in [4.69, 9.17) is 4.74 Å².